The van der Waals surface area contributed by atoms with Crippen molar-refractivity contribution in [3.8, 4) is 0 Å². The SMILES string of the molecule is CCC1CCCCC1OCC(=O)C(C)C. The van der Waals surface area contributed by atoms with Crippen LogP contribution >= 0.6 is 0 Å². The molecule has 0 N–H and O–H groups in total. The summed E-state index contributed by atoms with van der Waals surface area (Å²) in [4.78, 5) is 11.5. The molecule has 2 heteroatoms. The van der Waals surface area contributed by atoms with E-state index >= 15 is 0 Å². The van der Waals surface area contributed by atoms with Gasteiger partial charge in [-0.3, -0.25) is 4.79 Å². The van der Waals surface area contributed by atoms with Crippen LogP contribution in [0, 0.1) is 11.8 Å². The van der Waals surface area contributed by atoms with Gasteiger partial charge in [0.1, 0.15) is 6.61 Å². The standard InChI is InChI=1S/C13H24O2/c1-4-11-7-5-6-8-13(11)15-9-12(14)10(2)3/h10-11,13H,4-9H2,1-3H3. The first-order valence-corrected chi connectivity index (χ1v) is 6.29. The molecule has 2 atom stereocenters. The van der Waals surface area contributed by atoms with E-state index in [1.807, 2.05) is 13.8 Å². The Hall–Kier alpha value is -0.370. The van der Waals surface area contributed by atoms with Crippen molar-refractivity contribution in [1.82, 2.24) is 0 Å². The minimum atomic E-state index is 0.105. The summed E-state index contributed by atoms with van der Waals surface area (Å²) in [6, 6.07) is 0. The second-order valence-electron chi connectivity index (χ2n) is 4.92. The Bertz CT molecular complexity index is 199. The molecule has 0 aromatic heterocycles. The van der Waals surface area contributed by atoms with Gasteiger partial charge in [0.15, 0.2) is 5.78 Å². The van der Waals surface area contributed by atoms with Gasteiger partial charge >= 0.3 is 0 Å². The topological polar surface area (TPSA) is 26.3 Å². The van der Waals surface area contributed by atoms with E-state index in [1.165, 1.54) is 25.7 Å². The average Bonchev–Trinajstić information content (AvgIpc) is 2.26. The van der Waals surface area contributed by atoms with Gasteiger partial charge in [0.05, 0.1) is 6.10 Å². The van der Waals surface area contributed by atoms with Crippen molar-refractivity contribution < 1.29 is 9.53 Å². The third-order valence-electron chi connectivity index (χ3n) is 3.45. The second-order valence-corrected chi connectivity index (χ2v) is 4.92. The van der Waals surface area contributed by atoms with Gasteiger partial charge in [-0.1, -0.05) is 40.0 Å². The molecular weight excluding hydrogens is 188 g/mol. The Balaban J connectivity index is 2.32. The molecule has 1 rings (SSSR count). The van der Waals surface area contributed by atoms with Crippen molar-refractivity contribution in [3.63, 3.8) is 0 Å². The molecule has 0 bridgehead atoms. The van der Waals surface area contributed by atoms with E-state index in [9.17, 15) is 4.79 Å². The number of rotatable bonds is 5. The zero-order valence-electron chi connectivity index (χ0n) is 10.3. The first-order chi connectivity index (χ1) is 7.15. The van der Waals surface area contributed by atoms with Gasteiger partial charge in [-0.2, -0.15) is 0 Å². The van der Waals surface area contributed by atoms with Crippen molar-refractivity contribution >= 4 is 5.78 Å². The first-order valence-electron chi connectivity index (χ1n) is 6.29. The van der Waals surface area contributed by atoms with Crippen LogP contribution in [-0.4, -0.2) is 18.5 Å². The van der Waals surface area contributed by atoms with Crippen molar-refractivity contribution in [2.75, 3.05) is 6.61 Å². The molecule has 0 aromatic rings. The Morgan fingerprint density at radius 3 is 2.60 bits per heavy atom. The summed E-state index contributed by atoms with van der Waals surface area (Å²) in [5, 5.41) is 0. The predicted octanol–water partition coefficient (Wildman–Crippen LogP) is 3.20. The molecular formula is C13H24O2. The molecule has 1 saturated carbocycles. The first kappa shape index (κ1) is 12.7. The molecule has 0 heterocycles. The van der Waals surface area contributed by atoms with Crippen molar-refractivity contribution in [2.24, 2.45) is 11.8 Å². The minimum Gasteiger partial charge on any atom is -0.370 e. The van der Waals surface area contributed by atoms with E-state index < -0.39 is 0 Å². The second kappa shape index (κ2) is 6.26. The highest BCUT2D eigenvalue weighted by Gasteiger charge is 2.25. The zero-order valence-corrected chi connectivity index (χ0v) is 10.3. The van der Waals surface area contributed by atoms with Gasteiger partial charge in [-0.15, -0.1) is 0 Å². The third-order valence-corrected chi connectivity index (χ3v) is 3.45. The lowest BCUT2D eigenvalue weighted by Crippen LogP contribution is -2.30. The highest BCUT2D eigenvalue weighted by atomic mass is 16.5. The van der Waals surface area contributed by atoms with E-state index in [4.69, 9.17) is 4.74 Å². The van der Waals surface area contributed by atoms with Gasteiger partial charge in [-0.25, -0.2) is 0 Å². The van der Waals surface area contributed by atoms with Gasteiger partial charge in [0.2, 0.25) is 0 Å². The summed E-state index contributed by atoms with van der Waals surface area (Å²) in [6.07, 6.45) is 6.53. The van der Waals surface area contributed by atoms with E-state index in [0.717, 1.165) is 6.42 Å². The molecule has 0 saturated heterocycles. The smallest absolute Gasteiger partial charge is 0.160 e. The molecule has 2 unspecified atom stereocenters. The predicted molar refractivity (Wildman–Crippen MR) is 61.8 cm³/mol. The largest absolute Gasteiger partial charge is 0.370 e. The maximum Gasteiger partial charge on any atom is 0.160 e. The van der Waals surface area contributed by atoms with Crippen LogP contribution in [0.3, 0.4) is 0 Å². The quantitative estimate of drug-likeness (QED) is 0.699. The van der Waals surface area contributed by atoms with Crippen LogP contribution in [0.2, 0.25) is 0 Å². The van der Waals surface area contributed by atoms with Crippen molar-refractivity contribution in [1.29, 1.82) is 0 Å². The number of ketones is 1. The van der Waals surface area contributed by atoms with Crippen LogP contribution in [0.4, 0.5) is 0 Å². The number of carbonyl (C=O) groups excluding carboxylic acids is 1. The molecule has 0 aromatic carbocycles. The summed E-state index contributed by atoms with van der Waals surface area (Å²) in [5.41, 5.74) is 0. The number of Topliss-reactive ketones (excluding diaryl/α,β-unsaturated/α-hetero) is 1. The normalized spacial score (nSPS) is 26.9. The Labute approximate surface area is 93.4 Å². The Morgan fingerprint density at radius 2 is 2.00 bits per heavy atom. The number of hydrogen-bond donors (Lipinski definition) is 0. The van der Waals surface area contributed by atoms with Crippen LogP contribution in [0.15, 0.2) is 0 Å². The van der Waals surface area contributed by atoms with Crippen LogP contribution in [0.1, 0.15) is 52.9 Å². The maximum absolute atomic E-state index is 11.5. The summed E-state index contributed by atoms with van der Waals surface area (Å²) in [6.45, 7) is 6.41. The monoisotopic (exact) mass is 212 g/mol. The molecule has 15 heavy (non-hydrogen) atoms. The summed E-state index contributed by atoms with van der Waals surface area (Å²) in [5.74, 6) is 1.02. The van der Waals surface area contributed by atoms with E-state index in [0.29, 0.717) is 18.6 Å². The van der Waals surface area contributed by atoms with Gasteiger partial charge in [0, 0.05) is 5.92 Å². The Morgan fingerprint density at radius 1 is 1.33 bits per heavy atom. The lowest BCUT2D eigenvalue weighted by Gasteiger charge is -2.30. The Kier molecular flexibility index (Phi) is 5.30. The molecule has 1 aliphatic carbocycles. The molecule has 0 aliphatic heterocycles. The van der Waals surface area contributed by atoms with Crippen LogP contribution in [0.5, 0.6) is 0 Å². The van der Waals surface area contributed by atoms with Crippen LogP contribution in [0.25, 0.3) is 0 Å². The zero-order chi connectivity index (χ0) is 11.3. The van der Waals surface area contributed by atoms with E-state index in [1.54, 1.807) is 0 Å². The van der Waals surface area contributed by atoms with Gasteiger partial charge < -0.3 is 4.74 Å². The molecule has 1 fully saturated rings. The lowest BCUT2D eigenvalue weighted by molar-refractivity contribution is -0.130. The molecule has 0 radical (unpaired) electrons. The number of carbonyl (C=O) groups is 1. The number of hydrogen-bond acceptors (Lipinski definition) is 2. The van der Waals surface area contributed by atoms with Crippen LogP contribution in [-0.2, 0) is 9.53 Å². The van der Waals surface area contributed by atoms with Gasteiger partial charge in [0.25, 0.3) is 0 Å². The fourth-order valence-corrected chi connectivity index (χ4v) is 2.22. The minimum absolute atomic E-state index is 0.105. The molecule has 0 spiro atoms. The summed E-state index contributed by atoms with van der Waals surface area (Å²) < 4.78 is 5.76. The fourth-order valence-electron chi connectivity index (χ4n) is 2.22. The molecule has 0 amide bonds. The lowest BCUT2D eigenvalue weighted by atomic mass is 9.85. The van der Waals surface area contributed by atoms with Gasteiger partial charge in [-0.05, 0) is 18.8 Å². The molecule has 88 valence electrons. The summed E-state index contributed by atoms with van der Waals surface area (Å²) in [7, 11) is 0. The highest BCUT2D eigenvalue weighted by Crippen LogP contribution is 2.29. The fraction of sp³-hybridized carbons (Fsp3) is 0.923. The number of ether oxygens (including phenoxy) is 1. The summed E-state index contributed by atoms with van der Waals surface area (Å²) >= 11 is 0. The van der Waals surface area contributed by atoms with Crippen molar-refractivity contribution in [2.45, 2.75) is 59.0 Å². The molecule has 2 nitrogen and oxygen atoms in total. The van der Waals surface area contributed by atoms with E-state index in [-0.39, 0.29) is 11.7 Å². The van der Waals surface area contributed by atoms with E-state index in [2.05, 4.69) is 6.92 Å². The highest BCUT2D eigenvalue weighted by molar-refractivity contribution is 5.81. The van der Waals surface area contributed by atoms with Crippen molar-refractivity contribution in [3.05, 3.63) is 0 Å². The molecule has 1 aliphatic rings. The maximum atomic E-state index is 11.5. The van der Waals surface area contributed by atoms with Crippen LogP contribution < -0.4 is 0 Å². The third kappa shape index (κ3) is 3.94. The average molecular weight is 212 g/mol.